The third kappa shape index (κ3) is 3.35. The molecule has 0 aliphatic carbocycles. The summed E-state index contributed by atoms with van der Waals surface area (Å²) in [5.41, 5.74) is -0.252. The Balaban J connectivity index is 2.34. The van der Waals surface area contributed by atoms with Gasteiger partial charge in [0.15, 0.2) is 0 Å². The molecule has 0 aromatic heterocycles. The second kappa shape index (κ2) is 4.09. The second-order valence-electron chi connectivity index (χ2n) is 4.19. The first kappa shape index (κ1) is 10.5. The van der Waals surface area contributed by atoms with Gasteiger partial charge in [0.25, 0.3) is 0 Å². The highest BCUT2D eigenvalue weighted by Gasteiger charge is 2.31. The van der Waals surface area contributed by atoms with Crippen LogP contribution in [0, 0.1) is 5.92 Å². The maximum atomic E-state index is 10.6. The van der Waals surface area contributed by atoms with Crippen LogP contribution in [0.3, 0.4) is 0 Å². The first-order valence-electron chi connectivity index (χ1n) is 4.79. The fraction of sp³-hybridized carbons (Fsp3) is 0.900. The van der Waals surface area contributed by atoms with Crippen molar-refractivity contribution in [1.82, 2.24) is 0 Å². The molecule has 0 radical (unpaired) electrons. The van der Waals surface area contributed by atoms with Crippen LogP contribution in [0.5, 0.6) is 0 Å². The van der Waals surface area contributed by atoms with Gasteiger partial charge in [0.1, 0.15) is 6.61 Å². The topological polar surface area (TPSA) is 35.5 Å². The molecule has 3 heteroatoms. The van der Waals surface area contributed by atoms with Gasteiger partial charge in [0.05, 0.1) is 12.2 Å². The Kier molecular flexibility index (Phi) is 3.31. The van der Waals surface area contributed by atoms with Crippen LogP contribution >= 0.6 is 0 Å². The zero-order valence-electron chi connectivity index (χ0n) is 8.63. The molecule has 1 rings (SSSR count). The van der Waals surface area contributed by atoms with Crippen LogP contribution in [-0.4, -0.2) is 24.8 Å². The molecule has 0 unspecified atom stereocenters. The zero-order valence-corrected chi connectivity index (χ0v) is 8.63. The van der Waals surface area contributed by atoms with E-state index in [1.807, 2.05) is 6.92 Å². The van der Waals surface area contributed by atoms with Gasteiger partial charge in [-0.2, -0.15) is 0 Å². The number of ether oxygens (including phenoxy) is 2. The van der Waals surface area contributed by atoms with Gasteiger partial charge >= 0.3 is 5.97 Å². The SMILES string of the molecule is CC(=O)OC[C@]1(C)CC[C@H](C)CO1. The van der Waals surface area contributed by atoms with Crippen molar-refractivity contribution in [3.8, 4) is 0 Å². The summed E-state index contributed by atoms with van der Waals surface area (Å²) in [5.74, 6) is 0.397. The Morgan fingerprint density at radius 3 is 2.85 bits per heavy atom. The lowest BCUT2D eigenvalue weighted by Gasteiger charge is -2.35. The number of hydrogen-bond acceptors (Lipinski definition) is 3. The molecule has 0 amide bonds. The molecule has 0 saturated carbocycles. The van der Waals surface area contributed by atoms with Crippen molar-refractivity contribution < 1.29 is 14.3 Å². The lowest BCUT2D eigenvalue weighted by Crippen LogP contribution is -2.40. The molecule has 0 aromatic carbocycles. The Labute approximate surface area is 79.4 Å². The molecule has 13 heavy (non-hydrogen) atoms. The molecule has 1 aliphatic heterocycles. The van der Waals surface area contributed by atoms with Gasteiger partial charge in [-0.15, -0.1) is 0 Å². The normalized spacial score (nSPS) is 34.2. The molecule has 1 heterocycles. The summed E-state index contributed by atoms with van der Waals surface area (Å²) in [7, 11) is 0. The molecule has 1 saturated heterocycles. The Bertz CT molecular complexity index is 181. The van der Waals surface area contributed by atoms with Gasteiger partial charge < -0.3 is 9.47 Å². The molecular weight excluding hydrogens is 168 g/mol. The van der Waals surface area contributed by atoms with Crippen LogP contribution in [0.1, 0.15) is 33.6 Å². The Hall–Kier alpha value is -0.570. The maximum absolute atomic E-state index is 10.6. The summed E-state index contributed by atoms with van der Waals surface area (Å²) < 4.78 is 10.6. The number of carbonyl (C=O) groups excluding carboxylic acids is 1. The number of carbonyl (C=O) groups is 1. The standard InChI is InChI=1S/C10H18O3/c1-8-4-5-10(3,13-6-8)7-12-9(2)11/h8H,4-7H2,1-3H3/t8-,10-/m0/s1. The van der Waals surface area contributed by atoms with Gasteiger partial charge in [0, 0.05) is 6.92 Å². The average molecular weight is 186 g/mol. The van der Waals surface area contributed by atoms with E-state index in [9.17, 15) is 4.79 Å². The van der Waals surface area contributed by atoms with Crippen LogP contribution < -0.4 is 0 Å². The summed E-state index contributed by atoms with van der Waals surface area (Å²) in [6.45, 7) is 6.76. The molecule has 1 aliphatic rings. The second-order valence-corrected chi connectivity index (χ2v) is 4.19. The first-order chi connectivity index (χ1) is 6.02. The lowest BCUT2D eigenvalue weighted by molar-refractivity contribution is -0.159. The highest BCUT2D eigenvalue weighted by atomic mass is 16.6. The van der Waals surface area contributed by atoms with Crippen LogP contribution in [0.4, 0.5) is 0 Å². The van der Waals surface area contributed by atoms with E-state index < -0.39 is 0 Å². The van der Waals surface area contributed by atoms with Crippen molar-refractivity contribution in [3.05, 3.63) is 0 Å². The van der Waals surface area contributed by atoms with Crippen LogP contribution in [0.2, 0.25) is 0 Å². The summed E-state index contributed by atoms with van der Waals surface area (Å²) in [6.07, 6.45) is 2.12. The predicted octanol–water partition coefficient (Wildman–Crippen LogP) is 1.75. The van der Waals surface area contributed by atoms with Crippen LogP contribution in [0.15, 0.2) is 0 Å². The van der Waals surface area contributed by atoms with E-state index in [0.717, 1.165) is 19.4 Å². The fourth-order valence-electron chi connectivity index (χ4n) is 1.42. The highest BCUT2D eigenvalue weighted by Crippen LogP contribution is 2.27. The molecule has 1 fully saturated rings. The summed E-state index contributed by atoms with van der Waals surface area (Å²) in [6, 6.07) is 0. The lowest BCUT2D eigenvalue weighted by atomic mass is 9.92. The number of hydrogen-bond donors (Lipinski definition) is 0. The number of rotatable bonds is 2. The molecule has 0 aromatic rings. The minimum absolute atomic E-state index is 0.233. The largest absolute Gasteiger partial charge is 0.463 e. The van der Waals surface area contributed by atoms with Crippen LogP contribution in [-0.2, 0) is 14.3 Å². The van der Waals surface area contributed by atoms with Crippen molar-refractivity contribution >= 4 is 5.97 Å². The van der Waals surface area contributed by atoms with Gasteiger partial charge in [-0.1, -0.05) is 6.92 Å². The minimum atomic E-state index is -0.252. The number of esters is 1. The smallest absolute Gasteiger partial charge is 0.302 e. The highest BCUT2D eigenvalue weighted by molar-refractivity contribution is 5.65. The van der Waals surface area contributed by atoms with Crippen molar-refractivity contribution in [3.63, 3.8) is 0 Å². The molecule has 0 N–H and O–H groups in total. The van der Waals surface area contributed by atoms with Gasteiger partial charge in [-0.25, -0.2) is 0 Å². The predicted molar refractivity (Wildman–Crippen MR) is 49.4 cm³/mol. The summed E-state index contributed by atoms with van der Waals surface area (Å²) in [5, 5.41) is 0. The molecule has 3 nitrogen and oxygen atoms in total. The van der Waals surface area contributed by atoms with Gasteiger partial charge in [-0.05, 0) is 25.7 Å². The summed E-state index contributed by atoms with van der Waals surface area (Å²) >= 11 is 0. The van der Waals surface area contributed by atoms with E-state index in [1.165, 1.54) is 6.92 Å². The summed E-state index contributed by atoms with van der Waals surface area (Å²) in [4.78, 5) is 10.6. The maximum Gasteiger partial charge on any atom is 0.302 e. The Morgan fingerprint density at radius 2 is 2.38 bits per heavy atom. The van der Waals surface area contributed by atoms with Crippen LogP contribution in [0.25, 0.3) is 0 Å². The average Bonchev–Trinajstić information content (AvgIpc) is 2.08. The monoisotopic (exact) mass is 186 g/mol. The van der Waals surface area contributed by atoms with Crippen molar-refractivity contribution in [2.75, 3.05) is 13.2 Å². The van der Waals surface area contributed by atoms with Gasteiger partial charge in [0.2, 0.25) is 0 Å². The van der Waals surface area contributed by atoms with E-state index in [4.69, 9.17) is 9.47 Å². The zero-order chi connectivity index (χ0) is 9.90. The van der Waals surface area contributed by atoms with E-state index >= 15 is 0 Å². The molecule has 2 atom stereocenters. The molecule has 76 valence electrons. The van der Waals surface area contributed by atoms with Gasteiger partial charge in [-0.3, -0.25) is 4.79 Å². The van der Waals surface area contributed by atoms with E-state index in [2.05, 4.69) is 6.92 Å². The van der Waals surface area contributed by atoms with E-state index in [1.54, 1.807) is 0 Å². The van der Waals surface area contributed by atoms with Crippen molar-refractivity contribution in [2.24, 2.45) is 5.92 Å². The van der Waals surface area contributed by atoms with Crippen molar-refractivity contribution in [2.45, 2.75) is 39.2 Å². The fourth-order valence-corrected chi connectivity index (χ4v) is 1.42. The molecule has 0 spiro atoms. The third-order valence-corrected chi connectivity index (χ3v) is 2.46. The minimum Gasteiger partial charge on any atom is -0.463 e. The van der Waals surface area contributed by atoms with E-state index in [-0.39, 0.29) is 11.6 Å². The quantitative estimate of drug-likeness (QED) is 0.616. The van der Waals surface area contributed by atoms with E-state index in [0.29, 0.717) is 12.5 Å². The van der Waals surface area contributed by atoms with Crippen molar-refractivity contribution in [1.29, 1.82) is 0 Å². The Morgan fingerprint density at radius 1 is 1.69 bits per heavy atom. The molecule has 0 bridgehead atoms. The third-order valence-electron chi connectivity index (χ3n) is 2.46. The molecular formula is C10H18O3. The first-order valence-corrected chi connectivity index (χ1v) is 4.79.